The molecular formula is C13H18N2O4. The molecule has 1 atom stereocenters. The minimum Gasteiger partial charge on any atom is -0.478 e. The number of pyridine rings is 1. The molecule has 0 saturated heterocycles. The van der Waals surface area contributed by atoms with Crippen LogP contribution in [-0.4, -0.2) is 53.2 Å². The second-order valence-corrected chi connectivity index (χ2v) is 4.10. The predicted octanol–water partition coefficient (Wildman–Crippen LogP) is 1.28. The van der Waals surface area contributed by atoms with Gasteiger partial charge in [0.2, 0.25) is 0 Å². The van der Waals surface area contributed by atoms with Gasteiger partial charge < -0.3 is 14.7 Å². The number of likely N-dealkylation sites (N-methyl/N-ethyl adjacent to an activating group) is 1. The van der Waals surface area contributed by atoms with Gasteiger partial charge in [0.1, 0.15) is 5.69 Å². The Morgan fingerprint density at radius 2 is 2.21 bits per heavy atom. The summed E-state index contributed by atoms with van der Waals surface area (Å²) in [5.74, 6) is -1.56. The molecule has 0 aliphatic heterocycles. The Balaban J connectivity index is 3.07. The number of aromatic nitrogens is 1. The molecule has 0 spiro atoms. The summed E-state index contributed by atoms with van der Waals surface area (Å²) in [5.41, 5.74) is -0.129. The molecule has 6 nitrogen and oxygen atoms in total. The van der Waals surface area contributed by atoms with Crippen LogP contribution in [0.5, 0.6) is 0 Å². The first-order valence-corrected chi connectivity index (χ1v) is 6.01. The van der Waals surface area contributed by atoms with Gasteiger partial charge >= 0.3 is 5.97 Å². The van der Waals surface area contributed by atoms with E-state index in [0.717, 1.165) is 0 Å². The second-order valence-electron chi connectivity index (χ2n) is 4.10. The molecule has 1 aromatic heterocycles. The second kappa shape index (κ2) is 6.84. The number of methoxy groups -OCH3 is 1. The minimum absolute atomic E-state index is 0.0418. The van der Waals surface area contributed by atoms with E-state index < -0.39 is 11.9 Å². The number of ether oxygens (including phenoxy) is 1. The molecule has 0 aliphatic carbocycles. The van der Waals surface area contributed by atoms with Crippen molar-refractivity contribution in [1.82, 2.24) is 9.88 Å². The largest absolute Gasteiger partial charge is 0.478 e. The molecule has 6 heteroatoms. The fourth-order valence-corrected chi connectivity index (χ4v) is 1.87. The topological polar surface area (TPSA) is 79.7 Å². The molecule has 19 heavy (non-hydrogen) atoms. The Morgan fingerprint density at radius 3 is 2.74 bits per heavy atom. The molecule has 0 aromatic carbocycles. The lowest BCUT2D eigenvalue weighted by Crippen LogP contribution is -2.41. The number of nitrogens with zero attached hydrogens (tertiary/aromatic N) is 2. The van der Waals surface area contributed by atoms with Crippen molar-refractivity contribution < 1.29 is 19.4 Å². The summed E-state index contributed by atoms with van der Waals surface area (Å²) in [5, 5.41) is 9.08. The van der Waals surface area contributed by atoms with Gasteiger partial charge in [-0.1, -0.05) is 0 Å². The quantitative estimate of drug-likeness (QED) is 0.839. The monoisotopic (exact) mass is 266 g/mol. The molecule has 0 bridgehead atoms. The smallest absolute Gasteiger partial charge is 0.338 e. The van der Waals surface area contributed by atoms with Crippen molar-refractivity contribution in [1.29, 1.82) is 0 Å². The molecule has 1 heterocycles. The molecule has 0 saturated carbocycles. The molecule has 1 N–H and O–H groups in total. The molecular weight excluding hydrogens is 248 g/mol. The number of hydrogen-bond donors (Lipinski definition) is 1. The highest BCUT2D eigenvalue weighted by Gasteiger charge is 2.25. The SMILES string of the molecule is CCN(C(=O)c1ncccc1C(=O)O)C(C)COC. The van der Waals surface area contributed by atoms with E-state index in [0.29, 0.717) is 13.2 Å². The van der Waals surface area contributed by atoms with Crippen LogP contribution in [0.1, 0.15) is 34.7 Å². The van der Waals surface area contributed by atoms with E-state index >= 15 is 0 Å². The number of carboxylic acids is 1. The van der Waals surface area contributed by atoms with Crippen LogP contribution in [0.15, 0.2) is 18.3 Å². The van der Waals surface area contributed by atoms with Gasteiger partial charge in [-0.05, 0) is 26.0 Å². The summed E-state index contributed by atoms with van der Waals surface area (Å²) in [6, 6.07) is 2.72. The number of rotatable bonds is 6. The van der Waals surface area contributed by atoms with Gasteiger partial charge in [0.05, 0.1) is 18.2 Å². The molecule has 1 amide bonds. The Hall–Kier alpha value is -1.95. The maximum absolute atomic E-state index is 12.4. The normalized spacial score (nSPS) is 11.9. The highest BCUT2D eigenvalue weighted by molar-refractivity contribution is 6.03. The zero-order valence-electron chi connectivity index (χ0n) is 11.3. The lowest BCUT2D eigenvalue weighted by atomic mass is 10.1. The molecule has 0 fully saturated rings. The van der Waals surface area contributed by atoms with Gasteiger partial charge in [-0.25, -0.2) is 4.79 Å². The molecule has 1 rings (SSSR count). The highest BCUT2D eigenvalue weighted by Crippen LogP contribution is 2.11. The molecule has 1 unspecified atom stereocenters. The molecule has 1 aromatic rings. The van der Waals surface area contributed by atoms with Crippen LogP contribution in [0.2, 0.25) is 0 Å². The van der Waals surface area contributed by atoms with Crippen molar-refractivity contribution in [2.75, 3.05) is 20.3 Å². The summed E-state index contributed by atoms with van der Waals surface area (Å²) in [6.45, 7) is 4.51. The van der Waals surface area contributed by atoms with Crippen molar-refractivity contribution in [3.63, 3.8) is 0 Å². The fraction of sp³-hybridized carbons (Fsp3) is 0.462. The van der Waals surface area contributed by atoms with Gasteiger partial charge in [0.25, 0.3) is 5.91 Å². The van der Waals surface area contributed by atoms with Crippen LogP contribution in [0.25, 0.3) is 0 Å². The van der Waals surface area contributed by atoms with E-state index in [2.05, 4.69) is 4.98 Å². The van der Waals surface area contributed by atoms with E-state index in [1.165, 1.54) is 23.2 Å². The first kappa shape index (κ1) is 15.1. The fourth-order valence-electron chi connectivity index (χ4n) is 1.87. The lowest BCUT2D eigenvalue weighted by Gasteiger charge is -2.27. The van der Waals surface area contributed by atoms with Crippen molar-refractivity contribution >= 4 is 11.9 Å². The molecule has 104 valence electrons. The predicted molar refractivity (Wildman–Crippen MR) is 69.2 cm³/mol. The van der Waals surface area contributed by atoms with E-state index in [9.17, 15) is 9.59 Å². The standard InChI is InChI=1S/C13H18N2O4/c1-4-15(9(2)8-19-3)12(16)11-10(13(17)18)6-5-7-14-11/h5-7,9H,4,8H2,1-3H3,(H,17,18). The van der Waals surface area contributed by atoms with Crippen LogP contribution in [0, 0.1) is 0 Å². The van der Waals surface area contributed by atoms with E-state index in [1.54, 1.807) is 7.11 Å². The van der Waals surface area contributed by atoms with Gasteiger partial charge in [0, 0.05) is 19.9 Å². The Labute approximate surface area is 112 Å². The first-order chi connectivity index (χ1) is 9.02. The van der Waals surface area contributed by atoms with Gasteiger partial charge in [0.15, 0.2) is 0 Å². The number of carboxylic acid groups (broad SMARTS) is 1. The summed E-state index contributed by atoms with van der Waals surface area (Å²) in [7, 11) is 1.55. The minimum atomic E-state index is -1.16. The average molecular weight is 266 g/mol. The van der Waals surface area contributed by atoms with Crippen molar-refractivity contribution in [3.05, 3.63) is 29.6 Å². The number of amides is 1. The van der Waals surface area contributed by atoms with Gasteiger partial charge in [-0.15, -0.1) is 0 Å². The Kier molecular flexibility index (Phi) is 5.44. The third-order valence-corrected chi connectivity index (χ3v) is 2.78. The number of carbonyl (C=O) groups is 2. The maximum atomic E-state index is 12.4. The Bertz CT molecular complexity index is 462. The van der Waals surface area contributed by atoms with Crippen molar-refractivity contribution in [2.24, 2.45) is 0 Å². The van der Waals surface area contributed by atoms with Crippen LogP contribution >= 0.6 is 0 Å². The average Bonchev–Trinajstić information content (AvgIpc) is 2.39. The lowest BCUT2D eigenvalue weighted by molar-refractivity contribution is 0.0560. The molecule has 0 aliphatic rings. The highest BCUT2D eigenvalue weighted by atomic mass is 16.5. The molecule has 0 radical (unpaired) electrons. The van der Waals surface area contributed by atoms with Crippen LogP contribution in [0.3, 0.4) is 0 Å². The van der Waals surface area contributed by atoms with Crippen LogP contribution in [-0.2, 0) is 4.74 Å². The third-order valence-electron chi connectivity index (χ3n) is 2.78. The van der Waals surface area contributed by atoms with Crippen molar-refractivity contribution in [3.8, 4) is 0 Å². The summed E-state index contributed by atoms with van der Waals surface area (Å²) in [4.78, 5) is 28.9. The van der Waals surface area contributed by atoms with Crippen LogP contribution in [0.4, 0.5) is 0 Å². The van der Waals surface area contributed by atoms with Gasteiger partial charge in [-0.3, -0.25) is 9.78 Å². The zero-order chi connectivity index (χ0) is 14.4. The maximum Gasteiger partial charge on any atom is 0.338 e. The number of carbonyl (C=O) groups excluding carboxylic acids is 1. The van der Waals surface area contributed by atoms with Crippen molar-refractivity contribution in [2.45, 2.75) is 19.9 Å². The summed E-state index contributed by atoms with van der Waals surface area (Å²) < 4.78 is 5.02. The zero-order valence-corrected chi connectivity index (χ0v) is 11.3. The first-order valence-electron chi connectivity index (χ1n) is 6.01. The number of hydrogen-bond acceptors (Lipinski definition) is 4. The van der Waals surface area contributed by atoms with E-state index in [-0.39, 0.29) is 17.3 Å². The summed E-state index contributed by atoms with van der Waals surface area (Å²) in [6.07, 6.45) is 1.41. The van der Waals surface area contributed by atoms with Crippen LogP contribution < -0.4 is 0 Å². The third kappa shape index (κ3) is 3.51. The summed E-state index contributed by atoms with van der Waals surface area (Å²) >= 11 is 0. The van der Waals surface area contributed by atoms with E-state index in [1.807, 2.05) is 13.8 Å². The Morgan fingerprint density at radius 1 is 1.53 bits per heavy atom. The number of aromatic carboxylic acids is 1. The van der Waals surface area contributed by atoms with Gasteiger partial charge in [-0.2, -0.15) is 0 Å². The van der Waals surface area contributed by atoms with E-state index in [4.69, 9.17) is 9.84 Å².